The molecule has 0 saturated heterocycles. The molecule has 0 aliphatic heterocycles. The van der Waals surface area contributed by atoms with Gasteiger partial charge in [0.25, 0.3) is 0 Å². The minimum Gasteiger partial charge on any atom is -0.497 e. The van der Waals surface area contributed by atoms with Crippen LogP contribution in [0, 0.1) is 17.6 Å². The van der Waals surface area contributed by atoms with Crippen LogP contribution >= 0.6 is 0 Å². The second-order valence-electron chi connectivity index (χ2n) is 8.81. The zero-order valence-electron chi connectivity index (χ0n) is 19.6. The molecule has 0 atom stereocenters. The van der Waals surface area contributed by atoms with Crippen LogP contribution in [0.15, 0.2) is 36.4 Å². The van der Waals surface area contributed by atoms with Gasteiger partial charge in [-0.2, -0.15) is 4.98 Å². The molecule has 1 aliphatic rings. The lowest BCUT2D eigenvalue weighted by atomic mass is 9.85. The van der Waals surface area contributed by atoms with Crippen molar-refractivity contribution >= 4 is 28.6 Å². The van der Waals surface area contributed by atoms with Gasteiger partial charge in [-0.25, -0.2) is 13.8 Å². The van der Waals surface area contributed by atoms with Crippen molar-refractivity contribution < 1.29 is 18.3 Å². The average Bonchev–Trinajstić information content (AvgIpc) is 2.83. The lowest BCUT2D eigenvalue weighted by Crippen LogP contribution is -2.35. The highest BCUT2D eigenvalue weighted by molar-refractivity contribution is 5.90. The second kappa shape index (κ2) is 10.2. The second-order valence-corrected chi connectivity index (χ2v) is 8.81. The number of carbonyl (C=O) groups is 1. The third-order valence-electron chi connectivity index (χ3n) is 6.20. The number of methoxy groups -OCH3 is 1. The van der Waals surface area contributed by atoms with Gasteiger partial charge in [-0.05, 0) is 49.4 Å². The summed E-state index contributed by atoms with van der Waals surface area (Å²) in [6, 6.07) is 9.94. The van der Waals surface area contributed by atoms with Crippen LogP contribution in [0.5, 0.6) is 5.75 Å². The van der Waals surface area contributed by atoms with Gasteiger partial charge in [-0.15, -0.1) is 0 Å². The number of halogens is 2. The Morgan fingerprint density at radius 3 is 2.38 bits per heavy atom. The van der Waals surface area contributed by atoms with Crippen molar-refractivity contribution in [2.45, 2.75) is 38.3 Å². The van der Waals surface area contributed by atoms with E-state index in [9.17, 15) is 13.6 Å². The Morgan fingerprint density at radius 2 is 1.74 bits per heavy atom. The van der Waals surface area contributed by atoms with Gasteiger partial charge in [0.15, 0.2) is 11.6 Å². The van der Waals surface area contributed by atoms with Gasteiger partial charge in [-0.1, -0.05) is 12.1 Å². The molecule has 34 heavy (non-hydrogen) atoms. The largest absolute Gasteiger partial charge is 0.497 e. The van der Waals surface area contributed by atoms with E-state index in [1.165, 1.54) is 0 Å². The first kappa shape index (κ1) is 23.7. The predicted octanol–water partition coefficient (Wildman–Crippen LogP) is 4.27. The Balaban J connectivity index is 1.35. The summed E-state index contributed by atoms with van der Waals surface area (Å²) >= 11 is 0. The van der Waals surface area contributed by atoms with Gasteiger partial charge in [0.05, 0.1) is 12.6 Å². The highest BCUT2D eigenvalue weighted by Gasteiger charge is 2.27. The number of hydrogen-bond donors (Lipinski definition) is 2. The standard InChI is InChI=1S/C25H29F2N5O2/c1-32(2)23-19-12-20(26)21(27)13-22(19)30-25(31-23)29-17-8-6-16(7-9-17)24(33)28-14-15-4-10-18(34-3)11-5-15/h4-5,10-13,16-17H,6-9,14H2,1-3H3,(H,28,33)(H,29,30,31)/t16-,17+. The van der Waals surface area contributed by atoms with Crippen molar-refractivity contribution in [2.75, 3.05) is 31.4 Å². The summed E-state index contributed by atoms with van der Waals surface area (Å²) in [6.07, 6.45) is 3.08. The van der Waals surface area contributed by atoms with E-state index in [4.69, 9.17) is 4.74 Å². The molecule has 1 aliphatic carbocycles. The summed E-state index contributed by atoms with van der Waals surface area (Å²) < 4.78 is 32.7. The van der Waals surface area contributed by atoms with Crippen LogP contribution in [-0.2, 0) is 11.3 Å². The third-order valence-corrected chi connectivity index (χ3v) is 6.20. The Labute approximate surface area is 197 Å². The maximum Gasteiger partial charge on any atom is 0.225 e. The summed E-state index contributed by atoms with van der Waals surface area (Å²) in [5, 5.41) is 6.80. The molecule has 180 valence electrons. The smallest absolute Gasteiger partial charge is 0.225 e. The highest BCUT2D eigenvalue weighted by Crippen LogP contribution is 2.29. The molecule has 0 unspecified atom stereocenters. The van der Waals surface area contributed by atoms with E-state index in [0.29, 0.717) is 29.2 Å². The molecule has 1 saturated carbocycles. The van der Waals surface area contributed by atoms with Crippen molar-refractivity contribution in [2.24, 2.45) is 5.92 Å². The topological polar surface area (TPSA) is 79.4 Å². The SMILES string of the molecule is COc1ccc(CNC(=O)[C@H]2CC[C@@H](Nc3nc(N(C)C)c4cc(F)c(F)cc4n3)CC2)cc1. The maximum absolute atomic E-state index is 13.8. The number of aromatic nitrogens is 2. The number of nitrogens with one attached hydrogen (secondary N) is 2. The van der Waals surface area contributed by atoms with Gasteiger partial charge >= 0.3 is 0 Å². The number of fused-ring (bicyclic) bond motifs is 1. The average molecular weight is 470 g/mol. The number of carbonyl (C=O) groups excluding carboxylic acids is 1. The molecule has 7 nitrogen and oxygen atoms in total. The molecule has 2 aromatic carbocycles. The van der Waals surface area contributed by atoms with E-state index >= 15 is 0 Å². The lowest BCUT2D eigenvalue weighted by Gasteiger charge is -2.28. The zero-order chi connectivity index (χ0) is 24.2. The normalized spacial score (nSPS) is 17.9. The number of anilines is 2. The van der Waals surface area contributed by atoms with Crippen LogP contribution in [-0.4, -0.2) is 43.1 Å². The number of ether oxygens (including phenoxy) is 1. The number of hydrogen-bond acceptors (Lipinski definition) is 6. The number of rotatable bonds is 7. The molecule has 1 amide bonds. The number of nitrogens with zero attached hydrogens (tertiary/aromatic N) is 3. The third kappa shape index (κ3) is 5.35. The molecule has 9 heteroatoms. The van der Waals surface area contributed by atoms with Crippen LogP contribution in [0.4, 0.5) is 20.5 Å². The Morgan fingerprint density at radius 1 is 1.06 bits per heavy atom. The molecular formula is C25H29F2N5O2. The molecular weight excluding hydrogens is 440 g/mol. The molecule has 4 rings (SSSR count). The van der Waals surface area contributed by atoms with E-state index in [2.05, 4.69) is 20.6 Å². The Kier molecular flexibility index (Phi) is 7.09. The summed E-state index contributed by atoms with van der Waals surface area (Å²) in [5.41, 5.74) is 1.36. The van der Waals surface area contributed by atoms with Crippen LogP contribution in [0.1, 0.15) is 31.2 Å². The monoisotopic (exact) mass is 469 g/mol. The molecule has 1 fully saturated rings. The summed E-state index contributed by atoms with van der Waals surface area (Å²) in [4.78, 5) is 23.3. The first-order chi connectivity index (χ1) is 16.3. The fraction of sp³-hybridized carbons (Fsp3) is 0.400. The van der Waals surface area contributed by atoms with Crippen molar-refractivity contribution in [3.63, 3.8) is 0 Å². The van der Waals surface area contributed by atoms with E-state index in [1.807, 2.05) is 24.3 Å². The van der Waals surface area contributed by atoms with Crippen molar-refractivity contribution in [1.29, 1.82) is 0 Å². The minimum atomic E-state index is -0.942. The lowest BCUT2D eigenvalue weighted by molar-refractivity contribution is -0.126. The van der Waals surface area contributed by atoms with E-state index in [0.717, 1.165) is 49.1 Å². The number of amides is 1. The zero-order valence-corrected chi connectivity index (χ0v) is 19.6. The minimum absolute atomic E-state index is 0.0387. The Hall–Kier alpha value is -3.49. The first-order valence-electron chi connectivity index (χ1n) is 11.4. The quantitative estimate of drug-likeness (QED) is 0.538. The molecule has 1 aromatic heterocycles. The van der Waals surface area contributed by atoms with Crippen molar-refractivity contribution in [3.05, 3.63) is 53.6 Å². The maximum atomic E-state index is 13.8. The predicted molar refractivity (Wildman–Crippen MR) is 128 cm³/mol. The summed E-state index contributed by atoms with van der Waals surface area (Å²) in [5.74, 6) is -0.183. The summed E-state index contributed by atoms with van der Waals surface area (Å²) in [6.45, 7) is 0.483. The van der Waals surface area contributed by atoms with Gasteiger partial charge in [0.1, 0.15) is 11.6 Å². The first-order valence-corrected chi connectivity index (χ1v) is 11.4. The fourth-order valence-corrected chi connectivity index (χ4v) is 4.27. The van der Waals surface area contributed by atoms with Crippen molar-refractivity contribution in [3.8, 4) is 5.75 Å². The molecule has 0 spiro atoms. The van der Waals surface area contributed by atoms with Crippen molar-refractivity contribution in [1.82, 2.24) is 15.3 Å². The molecule has 2 N–H and O–H groups in total. The van der Waals surface area contributed by atoms with Crippen LogP contribution in [0.2, 0.25) is 0 Å². The summed E-state index contributed by atoms with van der Waals surface area (Å²) in [7, 11) is 5.21. The Bertz CT molecular complexity index is 1160. The van der Waals surface area contributed by atoms with Crippen LogP contribution in [0.25, 0.3) is 10.9 Å². The van der Waals surface area contributed by atoms with E-state index < -0.39 is 11.6 Å². The van der Waals surface area contributed by atoms with Gasteiger partial charge in [0.2, 0.25) is 11.9 Å². The molecule has 0 bridgehead atoms. The van der Waals surface area contributed by atoms with Crippen LogP contribution < -0.4 is 20.3 Å². The molecule has 0 radical (unpaired) electrons. The van der Waals surface area contributed by atoms with Crippen LogP contribution in [0.3, 0.4) is 0 Å². The van der Waals surface area contributed by atoms with Gasteiger partial charge in [0, 0.05) is 44.1 Å². The molecule has 1 heterocycles. The van der Waals surface area contributed by atoms with Gasteiger partial charge < -0.3 is 20.3 Å². The van der Waals surface area contributed by atoms with Gasteiger partial charge in [-0.3, -0.25) is 4.79 Å². The highest BCUT2D eigenvalue weighted by atomic mass is 19.2. The fourth-order valence-electron chi connectivity index (χ4n) is 4.27. The van der Waals surface area contributed by atoms with E-state index in [1.54, 1.807) is 26.1 Å². The number of benzene rings is 2. The molecule has 3 aromatic rings. The van der Waals surface area contributed by atoms with E-state index in [-0.39, 0.29) is 17.9 Å².